The van der Waals surface area contributed by atoms with Crippen LogP contribution in [0.5, 0.6) is 0 Å². The molecule has 2 rings (SSSR count). The average molecular weight is 246 g/mol. The lowest BCUT2D eigenvalue weighted by Crippen LogP contribution is -1.81. The Balaban J connectivity index is 2.23. The number of rotatable bonds is 3. The molecule has 94 valence electrons. The molecule has 0 saturated carbocycles. The summed E-state index contributed by atoms with van der Waals surface area (Å²) in [6, 6.07) is 18.4. The molecule has 0 unspecified atom stereocenters. The Morgan fingerprint density at radius 1 is 0.895 bits per heavy atom. The quantitative estimate of drug-likeness (QED) is 0.676. The highest BCUT2D eigenvalue weighted by Crippen LogP contribution is 2.10. The first-order valence-electron chi connectivity index (χ1n) is 6.73. The molecule has 0 radical (unpaired) electrons. The Morgan fingerprint density at radius 2 is 1.63 bits per heavy atom. The van der Waals surface area contributed by atoms with E-state index in [4.69, 9.17) is 0 Å². The van der Waals surface area contributed by atoms with Gasteiger partial charge in [0.25, 0.3) is 0 Å². The predicted octanol–water partition coefficient (Wildman–Crippen LogP) is 4.90. The van der Waals surface area contributed by atoms with E-state index in [1.807, 2.05) is 36.4 Å². The lowest BCUT2D eigenvalue weighted by atomic mass is 10.1. The van der Waals surface area contributed by atoms with E-state index in [0.29, 0.717) is 0 Å². The lowest BCUT2D eigenvalue weighted by molar-refractivity contribution is 0.962. The second-order valence-corrected chi connectivity index (χ2v) is 4.39. The molecule has 0 bridgehead atoms. The third kappa shape index (κ3) is 4.16. The van der Waals surface area contributed by atoms with Gasteiger partial charge in [-0.2, -0.15) is 0 Å². The maximum atomic E-state index is 3.26. The SMILES string of the molecule is CCC/C=C/c1ccccc1C#Cc1ccccc1. The molecule has 0 aliphatic carbocycles. The Bertz CT molecular complexity index is 595. The number of benzene rings is 2. The molecule has 0 heteroatoms. The molecule has 0 saturated heterocycles. The van der Waals surface area contributed by atoms with E-state index in [-0.39, 0.29) is 0 Å². The zero-order valence-electron chi connectivity index (χ0n) is 11.3. The summed E-state index contributed by atoms with van der Waals surface area (Å²) in [6.07, 6.45) is 6.66. The standard InChI is InChI=1S/C19H18/c1-2-3-5-12-18-13-8-9-14-19(18)16-15-17-10-6-4-7-11-17/h4-14H,2-3H2,1H3/b12-5+. The Kier molecular flexibility index (Phi) is 5.02. The largest absolute Gasteiger partial charge is 0.0839 e. The summed E-state index contributed by atoms with van der Waals surface area (Å²) in [5.74, 6) is 6.46. The van der Waals surface area contributed by atoms with Crippen LogP contribution < -0.4 is 0 Å². The van der Waals surface area contributed by atoms with Gasteiger partial charge in [-0.25, -0.2) is 0 Å². The van der Waals surface area contributed by atoms with Gasteiger partial charge in [0.15, 0.2) is 0 Å². The van der Waals surface area contributed by atoms with Crippen LogP contribution in [0.25, 0.3) is 6.08 Å². The van der Waals surface area contributed by atoms with Crippen molar-refractivity contribution in [1.82, 2.24) is 0 Å². The van der Waals surface area contributed by atoms with Gasteiger partial charge in [-0.15, -0.1) is 0 Å². The van der Waals surface area contributed by atoms with Gasteiger partial charge in [0.1, 0.15) is 0 Å². The van der Waals surface area contributed by atoms with Crippen LogP contribution in [0.3, 0.4) is 0 Å². The third-order valence-electron chi connectivity index (χ3n) is 2.83. The van der Waals surface area contributed by atoms with Gasteiger partial charge in [-0.3, -0.25) is 0 Å². The summed E-state index contributed by atoms with van der Waals surface area (Å²) >= 11 is 0. The van der Waals surface area contributed by atoms with E-state index < -0.39 is 0 Å². The summed E-state index contributed by atoms with van der Waals surface area (Å²) in [5.41, 5.74) is 3.33. The van der Waals surface area contributed by atoms with E-state index in [0.717, 1.165) is 17.5 Å². The molecule has 0 nitrogen and oxygen atoms in total. The highest BCUT2D eigenvalue weighted by atomic mass is 14.0. The van der Waals surface area contributed by atoms with Gasteiger partial charge in [0.2, 0.25) is 0 Å². The van der Waals surface area contributed by atoms with E-state index in [1.165, 1.54) is 12.0 Å². The smallest absolute Gasteiger partial charge is 0.0321 e. The molecule has 0 aromatic heterocycles. The third-order valence-corrected chi connectivity index (χ3v) is 2.83. The molecule has 2 aromatic carbocycles. The summed E-state index contributed by atoms with van der Waals surface area (Å²) in [5, 5.41) is 0. The van der Waals surface area contributed by atoms with E-state index >= 15 is 0 Å². The monoisotopic (exact) mass is 246 g/mol. The van der Waals surface area contributed by atoms with Crippen LogP contribution in [0.2, 0.25) is 0 Å². The van der Waals surface area contributed by atoms with Crippen molar-refractivity contribution in [2.45, 2.75) is 19.8 Å². The molecule has 0 aliphatic heterocycles. The number of hydrogen-bond donors (Lipinski definition) is 0. The molecule has 0 amide bonds. The van der Waals surface area contributed by atoms with E-state index in [9.17, 15) is 0 Å². The minimum absolute atomic E-state index is 1.05. The molecule has 0 N–H and O–H groups in total. The highest BCUT2D eigenvalue weighted by molar-refractivity contribution is 5.60. The van der Waals surface area contributed by atoms with Crippen LogP contribution in [-0.2, 0) is 0 Å². The number of hydrogen-bond acceptors (Lipinski definition) is 0. The highest BCUT2D eigenvalue weighted by Gasteiger charge is 1.93. The Hall–Kier alpha value is -2.26. The number of unbranched alkanes of at least 4 members (excludes halogenated alkanes) is 1. The van der Waals surface area contributed by atoms with Crippen LogP contribution in [0.15, 0.2) is 60.7 Å². The fourth-order valence-electron chi connectivity index (χ4n) is 1.79. The molecule has 19 heavy (non-hydrogen) atoms. The van der Waals surface area contributed by atoms with E-state index in [2.05, 4.69) is 49.1 Å². The predicted molar refractivity (Wildman–Crippen MR) is 82.8 cm³/mol. The molecule has 0 fully saturated rings. The topological polar surface area (TPSA) is 0 Å². The Labute approximate surface area is 115 Å². The van der Waals surface area contributed by atoms with Crippen LogP contribution >= 0.6 is 0 Å². The zero-order valence-corrected chi connectivity index (χ0v) is 11.3. The molecule has 2 aromatic rings. The average Bonchev–Trinajstić information content (AvgIpc) is 2.48. The normalized spacial score (nSPS) is 10.2. The Morgan fingerprint density at radius 3 is 2.42 bits per heavy atom. The molecule has 0 atom stereocenters. The van der Waals surface area contributed by atoms with E-state index in [1.54, 1.807) is 0 Å². The van der Waals surface area contributed by atoms with Crippen molar-refractivity contribution in [3.8, 4) is 11.8 Å². The fraction of sp³-hybridized carbons (Fsp3) is 0.158. The molecule has 0 heterocycles. The minimum atomic E-state index is 1.05. The first-order valence-corrected chi connectivity index (χ1v) is 6.73. The maximum absolute atomic E-state index is 3.26. The van der Waals surface area contributed by atoms with Crippen molar-refractivity contribution < 1.29 is 0 Å². The van der Waals surface area contributed by atoms with Gasteiger partial charge < -0.3 is 0 Å². The van der Waals surface area contributed by atoms with Crippen LogP contribution in [0.4, 0.5) is 0 Å². The van der Waals surface area contributed by atoms with Gasteiger partial charge >= 0.3 is 0 Å². The summed E-state index contributed by atoms with van der Waals surface area (Å²) < 4.78 is 0. The first kappa shape index (κ1) is 13.2. The first-order chi connectivity index (χ1) is 9.40. The lowest BCUT2D eigenvalue weighted by Gasteiger charge is -1.97. The van der Waals surface area contributed by atoms with Crippen LogP contribution in [0.1, 0.15) is 36.5 Å². The van der Waals surface area contributed by atoms with Gasteiger partial charge in [0.05, 0.1) is 0 Å². The second kappa shape index (κ2) is 7.24. The summed E-state index contributed by atoms with van der Waals surface area (Å²) in [4.78, 5) is 0. The van der Waals surface area contributed by atoms with Crippen LogP contribution in [-0.4, -0.2) is 0 Å². The molecular formula is C19H18. The van der Waals surface area contributed by atoms with Gasteiger partial charge in [-0.1, -0.05) is 73.7 Å². The number of allylic oxidation sites excluding steroid dienone is 1. The zero-order chi connectivity index (χ0) is 13.3. The van der Waals surface area contributed by atoms with Crippen molar-refractivity contribution >= 4 is 6.08 Å². The van der Waals surface area contributed by atoms with Gasteiger partial charge in [0, 0.05) is 11.1 Å². The molecular weight excluding hydrogens is 228 g/mol. The van der Waals surface area contributed by atoms with Crippen molar-refractivity contribution in [2.75, 3.05) is 0 Å². The minimum Gasteiger partial charge on any atom is -0.0839 e. The summed E-state index contributed by atoms with van der Waals surface area (Å²) in [6.45, 7) is 2.19. The summed E-state index contributed by atoms with van der Waals surface area (Å²) in [7, 11) is 0. The second-order valence-electron chi connectivity index (χ2n) is 4.39. The fourth-order valence-corrected chi connectivity index (χ4v) is 1.79. The van der Waals surface area contributed by atoms with Crippen LogP contribution in [0, 0.1) is 11.8 Å². The van der Waals surface area contributed by atoms with Gasteiger partial charge in [-0.05, 0) is 30.2 Å². The van der Waals surface area contributed by atoms with Crippen molar-refractivity contribution in [2.24, 2.45) is 0 Å². The maximum Gasteiger partial charge on any atom is 0.0321 e. The molecule has 0 aliphatic rings. The van der Waals surface area contributed by atoms with Crippen molar-refractivity contribution in [3.05, 3.63) is 77.4 Å². The molecule has 0 spiro atoms. The van der Waals surface area contributed by atoms with Crippen molar-refractivity contribution in [3.63, 3.8) is 0 Å². The van der Waals surface area contributed by atoms with Crippen molar-refractivity contribution in [1.29, 1.82) is 0 Å².